The molecular weight excluding hydrogens is 226 g/mol. The van der Waals surface area contributed by atoms with E-state index in [2.05, 4.69) is 9.97 Å². The highest BCUT2D eigenvalue weighted by atomic mass is 35.5. The van der Waals surface area contributed by atoms with Crippen LogP contribution in [-0.2, 0) is 6.54 Å². The molecule has 0 unspecified atom stereocenters. The molecule has 4 nitrogen and oxygen atoms in total. The summed E-state index contributed by atoms with van der Waals surface area (Å²) in [5.74, 6) is 0. The van der Waals surface area contributed by atoms with Gasteiger partial charge in [0.15, 0.2) is 0 Å². The second-order valence-electron chi connectivity index (χ2n) is 3.51. The van der Waals surface area contributed by atoms with Crippen molar-refractivity contribution in [1.29, 1.82) is 0 Å². The fourth-order valence-corrected chi connectivity index (χ4v) is 1.57. The minimum atomic E-state index is -0.285. The first-order valence-electron chi connectivity index (χ1n) is 4.79. The number of hydrogen-bond acceptors (Lipinski definition) is 3. The number of pyridine rings is 1. The topological polar surface area (TPSA) is 47.8 Å². The lowest BCUT2D eigenvalue weighted by Crippen LogP contribution is -2.23. The fraction of sp³-hybridized carbons (Fsp3) is 0.182. The Balaban J connectivity index is 2.34. The zero-order chi connectivity index (χ0) is 11.5. The molecule has 0 spiro atoms. The van der Waals surface area contributed by atoms with Gasteiger partial charge < -0.3 is 0 Å². The van der Waals surface area contributed by atoms with Crippen LogP contribution >= 0.6 is 11.6 Å². The number of nitrogens with zero attached hydrogens (tertiary/aromatic N) is 3. The van der Waals surface area contributed by atoms with E-state index in [0.29, 0.717) is 11.6 Å². The van der Waals surface area contributed by atoms with E-state index in [9.17, 15) is 4.79 Å². The number of hydrogen-bond donors (Lipinski definition) is 0. The molecule has 0 aromatic carbocycles. The molecule has 0 aliphatic rings. The Morgan fingerprint density at radius 2 is 2.25 bits per heavy atom. The van der Waals surface area contributed by atoms with Crippen LogP contribution in [0, 0.1) is 6.92 Å². The molecular formula is C11H10ClN3O. The third-order valence-electron chi connectivity index (χ3n) is 2.09. The van der Waals surface area contributed by atoms with E-state index in [4.69, 9.17) is 11.6 Å². The molecule has 2 aromatic heterocycles. The van der Waals surface area contributed by atoms with Crippen molar-refractivity contribution in [3.8, 4) is 0 Å². The maximum absolute atomic E-state index is 11.5. The highest BCUT2D eigenvalue weighted by Crippen LogP contribution is 2.08. The van der Waals surface area contributed by atoms with Crippen LogP contribution in [0.4, 0.5) is 0 Å². The second-order valence-corrected chi connectivity index (χ2v) is 3.94. The number of aryl methyl sites for hydroxylation is 1. The van der Waals surface area contributed by atoms with Gasteiger partial charge in [0.05, 0.1) is 12.2 Å². The standard InChI is InChI=1S/C11H10ClN3O/c1-8-5-14-11(16)15(6-8)7-10-4-9(12)2-3-13-10/h2-6H,7H2,1H3. The van der Waals surface area contributed by atoms with Crippen molar-refractivity contribution in [1.82, 2.24) is 14.5 Å². The van der Waals surface area contributed by atoms with Crippen molar-refractivity contribution in [2.24, 2.45) is 0 Å². The normalized spacial score (nSPS) is 10.4. The Morgan fingerprint density at radius 1 is 1.44 bits per heavy atom. The smallest absolute Gasteiger partial charge is 0.293 e. The molecule has 2 heterocycles. The molecule has 0 N–H and O–H groups in total. The first-order chi connectivity index (χ1) is 7.65. The molecule has 2 rings (SSSR count). The number of aromatic nitrogens is 3. The van der Waals surface area contributed by atoms with Gasteiger partial charge in [0.1, 0.15) is 0 Å². The average molecular weight is 236 g/mol. The summed E-state index contributed by atoms with van der Waals surface area (Å²) in [6.07, 6.45) is 4.91. The minimum Gasteiger partial charge on any atom is -0.293 e. The van der Waals surface area contributed by atoms with Gasteiger partial charge in [-0.3, -0.25) is 9.55 Å². The summed E-state index contributed by atoms with van der Waals surface area (Å²) in [5.41, 5.74) is 1.39. The van der Waals surface area contributed by atoms with Gasteiger partial charge in [0, 0.05) is 23.6 Å². The van der Waals surface area contributed by atoms with Gasteiger partial charge in [-0.1, -0.05) is 11.6 Å². The Kier molecular flexibility index (Phi) is 3.01. The van der Waals surface area contributed by atoms with Crippen LogP contribution in [0.3, 0.4) is 0 Å². The molecule has 0 saturated heterocycles. The molecule has 0 aliphatic carbocycles. The van der Waals surface area contributed by atoms with E-state index >= 15 is 0 Å². The predicted molar refractivity (Wildman–Crippen MR) is 61.6 cm³/mol. The summed E-state index contributed by atoms with van der Waals surface area (Å²) in [7, 11) is 0. The van der Waals surface area contributed by atoms with Gasteiger partial charge in [0.25, 0.3) is 0 Å². The molecule has 0 amide bonds. The Bertz CT molecular complexity index is 565. The van der Waals surface area contributed by atoms with Crippen LogP contribution in [0.1, 0.15) is 11.3 Å². The van der Waals surface area contributed by atoms with E-state index in [1.54, 1.807) is 30.7 Å². The molecule has 0 fully saturated rings. The van der Waals surface area contributed by atoms with Crippen LogP contribution in [0.15, 0.2) is 35.5 Å². The number of halogens is 1. The van der Waals surface area contributed by atoms with Crippen LogP contribution in [0.25, 0.3) is 0 Å². The zero-order valence-electron chi connectivity index (χ0n) is 8.72. The second kappa shape index (κ2) is 4.45. The average Bonchev–Trinajstić information content (AvgIpc) is 2.24. The fourth-order valence-electron chi connectivity index (χ4n) is 1.39. The molecule has 0 aliphatic heterocycles. The van der Waals surface area contributed by atoms with E-state index < -0.39 is 0 Å². The largest absolute Gasteiger partial charge is 0.347 e. The first-order valence-corrected chi connectivity index (χ1v) is 5.16. The lowest BCUT2D eigenvalue weighted by molar-refractivity contribution is 0.705. The lowest BCUT2D eigenvalue weighted by Gasteiger charge is -2.05. The molecule has 16 heavy (non-hydrogen) atoms. The van der Waals surface area contributed by atoms with Gasteiger partial charge in [-0.25, -0.2) is 9.78 Å². The van der Waals surface area contributed by atoms with E-state index in [-0.39, 0.29) is 5.69 Å². The van der Waals surface area contributed by atoms with Crippen LogP contribution < -0.4 is 5.69 Å². The Morgan fingerprint density at radius 3 is 3.00 bits per heavy atom. The van der Waals surface area contributed by atoms with E-state index in [1.807, 2.05) is 6.92 Å². The van der Waals surface area contributed by atoms with Crippen LogP contribution in [0.5, 0.6) is 0 Å². The maximum Gasteiger partial charge on any atom is 0.347 e. The molecule has 0 saturated carbocycles. The highest BCUT2D eigenvalue weighted by molar-refractivity contribution is 6.30. The van der Waals surface area contributed by atoms with Gasteiger partial charge in [-0.2, -0.15) is 0 Å². The molecule has 5 heteroatoms. The zero-order valence-corrected chi connectivity index (χ0v) is 9.48. The van der Waals surface area contributed by atoms with Crippen molar-refractivity contribution in [2.75, 3.05) is 0 Å². The summed E-state index contributed by atoms with van der Waals surface area (Å²) in [4.78, 5) is 19.3. The van der Waals surface area contributed by atoms with Crippen LogP contribution in [0.2, 0.25) is 5.02 Å². The first kappa shape index (κ1) is 10.8. The summed E-state index contributed by atoms with van der Waals surface area (Å²) in [6.45, 7) is 2.27. The SMILES string of the molecule is Cc1cnc(=O)n(Cc2cc(Cl)ccn2)c1. The molecule has 82 valence electrons. The summed E-state index contributed by atoms with van der Waals surface area (Å²) >= 11 is 5.84. The van der Waals surface area contributed by atoms with Gasteiger partial charge in [0.2, 0.25) is 0 Å². The Hall–Kier alpha value is -1.68. The Labute approximate surface area is 97.6 Å². The van der Waals surface area contributed by atoms with E-state index in [0.717, 1.165) is 11.3 Å². The third kappa shape index (κ3) is 2.46. The quantitative estimate of drug-likeness (QED) is 0.795. The van der Waals surface area contributed by atoms with Crippen molar-refractivity contribution < 1.29 is 0 Å². The minimum absolute atomic E-state index is 0.285. The number of rotatable bonds is 2. The summed E-state index contributed by atoms with van der Waals surface area (Å²) in [5, 5.41) is 0.610. The third-order valence-corrected chi connectivity index (χ3v) is 2.33. The van der Waals surface area contributed by atoms with Crippen molar-refractivity contribution in [3.63, 3.8) is 0 Å². The van der Waals surface area contributed by atoms with Crippen LogP contribution in [-0.4, -0.2) is 14.5 Å². The monoisotopic (exact) mass is 235 g/mol. The lowest BCUT2D eigenvalue weighted by atomic mass is 10.3. The van der Waals surface area contributed by atoms with Crippen molar-refractivity contribution >= 4 is 11.6 Å². The summed E-state index contributed by atoms with van der Waals surface area (Å²) in [6, 6.07) is 3.43. The van der Waals surface area contributed by atoms with Gasteiger partial charge >= 0.3 is 5.69 Å². The molecule has 0 atom stereocenters. The maximum atomic E-state index is 11.5. The van der Waals surface area contributed by atoms with Crippen molar-refractivity contribution in [3.05, 3.63) is 57.5 Å². The van der Waals surface area contributed by atoms with Gasteiger partial charge in [-0.15, -0.1) is 0 Å². The molecule has 2 aromatic rings. The van der Waals surface area contributed by atoms with Gasteiger partial charge in [-0.05, 0) is 24.6 Å². The summed E-state index contributed by atoms with van der Waals surface area (Å²) < 4.78 is 1.51. The van der Waals surface area contributed by atoms with E-state index in [1.165, 1.54) is 4.57 Å². The molecule has 0 bridgehead atoms. The predicted octanol–water partition coefficient (Wildman–Crippen LogP) is 1.65. The molecule has 0 radical (unpaired) electrons. The van der Waals surface area contributed by atoms with Crippen molar-refractivity contribution in [2.45, 2.75) is 13.5 Å². The highest BCUT2D eigenvalue weighted by Gasteiger charge is 2.01.